The summed E-state index contributed by atoms with van der Waals surface area (Å²) in [4.78, 5) is 11.7. The molecule has 0 radical (unpaired) electrons. The van der Waals surface area contributed by atoms with Crippen LogP contribution >= 0.6 is 0 Å². The molecular formula is C22H43NO3. The molecule has 1 aliphatic heterocycles. The standard InChI is InChI=1S/C22H43NO3/c1-4-5-6-7-9-12-15-20-21(26-20)16-13-10-8-11-14-17-22(24)23-19(2)18-25-3/h19-21H,4-18H2,1-3H3,(H,23,24)/t19-,20-,21+/m0/s1. The zero-order valence-electron chi connectivity index (χ0n) is 17.6. The molecule has 1 fully saturated rings. The van der Waals surface area contributed by atoms with Crippen LogP contribution in [0, 0.1) is 0 Å². The van der Waals surface area contributed by atoms with E-state index >= 15 is 0 Å². The summed E-state index contributed by atoms with van der Waals surface area (Å²) >= 11 is 0. The van der Waals surface area contributed by atoms with Gasteiger partial charge in [0.15, 0.2) is 0 Å². The average molecular weight is 370 g/mol. The zero-order chi connectivity index (χ0) is 19.0. The maximum absolute atomic E-state index is 11.7. The van der Waals surface area contributed by atoms with Crippen molar-refractivity contribution >= 4 is 5.91 Å². The first-order valence-corrected chi connectivity index (χ1v) is 11.1. The Balaban J connectivity index is 1.81. The topological polar surface area (TPSA) is 50.9 Å². The fourth-order valence-electron chi connectivity index (χ4n) is 3.61. The molecule has 0 aromatic rings. The zero-order valence-corrected chi connectivity index (χ0v) is 17.6. The van der Waals surface area contributed by atoms with Crippen LogP contribution in [0.4, 0.5) is 0 Å². The van der Waals surface area contributed by atoms with Crippen molar-refractivity contribution in [1.29, 1.82) is 0 Å². The van der Waals surface area contributed by atoms with Crippen LogP contribution in [0.15, 0.2) is 0 Å². The summed E-state index contributed by atoms with van der Waals surface area (Å²) in [5.74, 6) is 0.151. The molecule has 1 N–H and O–H groups in total. The molecule has 1 saturated heterocycles. The average Bonchev–Trinajstić information content (AvgIpc) is 3.35. The first-order valence-electron chi connectivity index (χ1n) is 11.1. The molecule has 0 aromatic heterocycles. The molecule has 154 valence electrons. The number of hydrogen-bond donors (Lipinski definition) is 1. The summed E-state index contributed by atoms with van der Waals surface area (Å²) in [7, 11) is 1.66. The summed E-state index contributed by atoms with van der Waals surface area (Å²) in [6.07, 6.45) is 18.4. The van der Waals surface area contributed by atoms with Gasteiger partial charge in [0.25, 0.3) is 0 Å². The SMILES string of the molecule is CCCCCCCC[C@@H]1O[C@@H]1CCCCCCCC(=O)N[C@@H](C)COC. The second kappa shape index (κ2) is 15.4. The van der Waals surface area contributed by atoms with Crippen LogP contribution in [-0.4, -0.2) is 37.9 Å². The third-order valence-electron chi connectivity index (χ3n) is 5.25. The van der Waals surface area contributed by atoms with Gasteiger partial charge in [0, 0.05) is 19.6 Å². The van der Waals surface area contributed by atoms with Gasteiger partial charge >= 0.3 is 0 Å². The third kappa shape index (κ3) is 12.7. The van der Waals surface area contributed by atoms with Crippen molar-refractivity contribution in [2.75, 3.05) is 13.7 Å². The van der Waals surface area contributed by atoms with E-state index in [9.17, 15) is 4.79 Å². The Hall–Kier alpha value is -0.610. The van der Waals surface area contributed by atoms with E-state index in [2.05, 4.69) is 12.2 Å². The molecule has 0 aromatic carbocycles. The van der Waals surface area contributed by atoms with Crippen LogP contribution in [0.25, 0.3) is 0 Å². The van der Waals surface area contributed by atoms with E-state index in [1.165, 1.54) is 70.6 Å². The van der Waals surface area contributed by atoms with Crippen molar-refractivity contribution in [2.24, 2.45) is 0 Å². The maximum atomic E-state index is 11.7. The molecule has 1 heterocycles. The van der Waals surface area contributed by atoms with Gasteiger partial charge in [-0.2, -0.15) is 0 Å². The van der Waals surface area contributed by atoms with Gasteiger partial charge in [-0.1, -0.05) is 71.1 Å². The number of ether oxygens (including phenoxy) is 2. The van der Waals surface area contributed by atoms with Crippen molar-refractivity contribution in [3.63, 3.8) is 0 Å². The lowest BCUT2D eigenvalue weighted by Gasteiger charge is -2.12. The molecule has 1 amide bonds. The van der Waals surface area contributed by atoms with E-state index in [1.54, 1.807) is 7.11 Å². The molecule has 0 aliphatic carbocycles. The Morgan fingerprint density at radius 1 is 0.923 bits per heavy atom. The Bertz CT molecular complexity index is 348. The van der Waals surface area contributed by atoms with Crippen LogP contribution in [0.2, 0.25) is 0 Å². The Kier molecular flexibility index (Phi) is 13.9. The number of carbonyl (C=O) groups excluding carboxylic acids is 1. The van der Waals surface area contributed by atoms with Crippen molar-refractivity contribution in [2.45, 2.75) is 122 Å². The monoisotopic (exact) mass is 369 g/mol. The lowest BCUT2D eigenvalue weighted by molar-refractivity contribution is -0.122. The van der Waals surface area contributed by atoms with Gasteiger partial charge in [-0.25, -0.2) is 0 Å². The minimum Gasteiger partial charge on any atom is -0.383 e. The molecule has 0 spiro atoms. The van der Waals surface area contributed by atoms with Gasteiger partial charge in [0.1, 0.15) is 0 Å². The van der Waals surface area contributed by atoms with Crippen LogP contribution in [0.3, 0.4) is 0 Å². The van der Waals surface area contributed by atoms with Gasteiger partial charge in [-0.3, -0.25) is 4.79 Å². The van der Waals surface area contributed by atoms with Gasteiger partial charge in [0.05, 0.1) is 18.8 Å². The number of unbranched alkanes of at least 4 members (excludes halogenated alkanes) is 9. The first kappa shape index (κ1) is 23.4. The van der Waals surface area contributed by atoms with Gasteiger partial charge in [0.2, 0.25) is 5.91 Å². The maximum Gasteiger partial charge on any atom is 0.220 e. The molecule has 0 saturated carbocycles. The van der Waals surface area contributed by atoms with Gasteiger partial charge < -0.3 is 14.8 Å². The molecule has 26 heavy (non-hydrogen) atoms. The van der Waals surface area contributed by atoms with E-state index < -0.39 is 0 Å². The molecule has 1 rings (SSSR count). The summed E-state index contributed by atoms with van der Waals surface area (Å²) in [5.41, 5.74) is 0. The van der Waals surface area contributed by atoms with Gasteiger partial charge in [-0.05, 0) is 26.2 Å². The molecule has 4 nitrogen and oxygen atoms in total. The fraction of sp³-hybridized carbons (Fsp3) is 0.955. The Morgan fingerprint density at radius 3 is 2.04 bits per heavy atom. The van der Waals surface area contributed by atoms with Crippen LogP contribution in [0.1, 0.15) is 104 Å². The third-order valence-corrected chi connectivity index (χ3v) is 5.25. The predicted octanol–water partition coefficient (Wildman–Crippen LogP) is 5.39. The van der Waals surface area contributed by atoms with E-state index in [-0.39, 0.29) is 11.9 Å². The second-order valence-corrected chi connectivity index (χ2v) is 8.00. The molecular weight excluding hydrogens is 326 g/mol. The van der Waals surface area contributed by atoms with E-state index in [0.29, 0.717) is 25.2 Å². The number of methoxy groups -OCH3 is 1. The summed E-state index contributed by atoms with van der Waals surface area (Å²) in [6.45, 7) is 4.82. The normalized spacial score (nSPS) is 20.1. The van der Waals surface area contributed by atoms with Gasteiger partial charge in [-0.15, -0.1) is 0 Å². The van der Waals surface area contributed by atoms with Crippen LogP contribution in [0.5, 0.6) is 0 Å². The molecule has 4 heteroatoms. The summed E-state index contributed by atoms with van der Waals surface area (Å²) < 4.78 is 10.8. The number of amides is 1. The lowest BCUT2D eigenvalue weighted by Crippen LogP contribution is -2.35. The van der Waals surface area contributed by atoms with Crippen molar-refractivity contribution in [3.05, 3.63) is 0 Å². The number of nitrogens with one attached hydrogen (secondary N) is 1. The Morgan fingerprint density at radius 2 is 1.46 bits per heavy atom. The van der Waals surface area contributed by atoms with E-state index in [1.807, 2.05) is 6.92 Å². The quantitative estimate of drug-likeness (QED) is 0.260. The fourth-order valence-corrected chi connectivity index (χ4v) is 3.61. The minimum atomic E-state index is 0.107. The van der Waals surface area contributed by atoms with Crippen molar-refractivity contribution < 1.29 is 14.3 Å². The highest BCUT2D eigenvalue weighted by Gasteiger charge is 2.36. The number of rotatable bonds is 18. The largest absolute Gasteiger partial charge is 0.383 e. The highest BCUT2D eigenvalue weighted by atomic mass is 16.6. The van der Waals surface area contributed by atoms with Crippen molar-refractivity contribution in [3.8, 4) is 0 Å². The highest BCUT2D eigenvalue weighted by molar-refractivity contribution is 5.76. The van der Waals surface area contributed by atoms with E-state index in [0.717, 1.165) is 12.8 Å². The smallest absolute Gasteiger partial charge is 0.220 e. The number of epoxide rings is 1. The molecule has 0 bridgehead atoms. The second-order valence-electron chi connectivity index (χ2n) is 8.00. The Labute approximate surface area is 161 Å². The first-order chi connectivity index (χ1) is 12.7. The highest BCUT2D eigenvalue weighted by Crippen LogP contribution is 2.31. The molecule has 0 unspecified atom stereocenters. The van der Waals surface area contributed by atoms with Crippen LogP contribution < -0.4 is 5.32 Å². The predicted molar refractivity (Wildman–Crippen MR) is 108 cm³/mol. The van der Waals surface area contributed by atoms with E-state index in [4.69, 9.17) is 9.47 Å². The molecule has 3 atom stereocenters. The lowest BCUT2D eigenvalue weighted by atomic mass is 10.0. The number of carbonyl (C=O) groups is 1. The molecule has 1 aliphatic rings. The summed E-state index contributed by atoms with van der Waals surface area (Å²) in [6, 6.07) is 0.107. The minimum absolute atomic E-state index is 0.107. The van der Waals surface area contributed by atoms with Crippen molar-refractivity contribution in [1.82, 2.24) is 5.32 Å². The summed E-state index contributed by atoms with van der Waals surface area (Å²) in [5, 5.41) is 2.96. The van der Waals surface area contributed by atoms with Crippen LogP contribution in [-0.2, 0) is 14.3 Å². The number of hydrogen-bond acceptors (Lipinski definition) is 3.